The van der Waals surface area contributed by atoms with Crippen molar-refractivity contribution in [2.75, 3.05) is 13.1 Å². The molecular weight excluding hydrogens is 274 g/mol. The van der Waals surface area contributed by atoms with Crippen LogP contribution < -0.4 is 0 Å². The van der Waals surface area contributed by atoms with Crippen LogP contribution in [-0.2, 0) is 11.2 Å². The quantitative estimate of drug-likeness (QED) is 0.874. The van der Waals surface area contributed by atoms with Crippen molar-refractivity contribution in [3.8, 4) is 0 Å². The van der Waals surface area contributed by atoms with E-state index in [1.807, 2.05) is 23.1 Å². The van der Waals surface area contributed by atoms with Crippen molar-refractivity contribution < 1.29 is 4.79 Å². The maximum atomic E-state index is 11.6. The predicted octanol–water partition coefficient (Wildman–Crippen LogP) is 2.79. The van der Waals surface area contributed by atoms with Crippen LogP contribution >= 0.6 is 0 Å². The van der Waals surface area contributed by atoms with Gasteiger partial charge >= 0.3 is 0 Å². The molecule has 1 aliphatic rings. The summed E-state index contributed by atoms with van der Waals surface area (Å²) in [5, 5.41) is 0. The maximum Gasteiger partial charge on any atom is 0.219 e. The van der Waals surface area contributed by atoms with Crippen molar-refractivity contribution in [3.05, 3.63) is 59.7 Å². The van der Waals surface area contributed by atoms with Crippen LogP contribution in [0.25, 0.3) is 0 Å². The van der Waals surface area contributed by atoms with Gasteiger partial charge in [0.05, 0.1) is 11.4 Å². The number of benzene rings is 1. The van der Waals surface area contributed by atoms with E-state index in [1.165, 1.54) is 5.56 Å². The van der Waals surface area contributed by atoms with E-state index in [9.17, 15) is 4.79 Å². The lowest BCUT2D eigenvalue weighted by molar-refractivity contribution is -0.130. The van der Waals surface area contributed by atoms with Gasteiger partial charge < -0.3 is 4.90 Å². The molecule has 0 saturated carbocycles. The van der Waals surface area contributed by atoms with Crippen LogP contribution in [0.15, 0.2) is 42.7 Å². The molecule has 4 heteroatoms. The molecule has 1 aromatic heterocycles. The van der Waals surface area contributed by atoms with Crippen LogP contribution in [0, 0.1) is 0 Å². The first-order valence-electron chi connectivity index (χ1n) is 7.83. The predicted molar refractivity (Wildman–Crippen MR) is 85.5 cm³/mol. The minimum atomic E-state index is 0.151. The van der Waals surface area contributed by atoms with Crippen molar-refractivity contribution in [3.63, 3.8) is 0 Å². The second-order valence-corrected chi connectivity index (χ2v) is 5.85. The molecule has 0 aliphatic carbocycles. The van der Waals surface area contributed by atoms with Gasteiger partial charge in [-0.2, -0.15) is 0 Å². The summed E-state index contributed by atoms with van der Waals surface area (Å²) in [5.41, 5.74) is 3.32. The van der Waals surface area contributed by atoms with Gasteiger partial charge in [0.25, 0.3) is 0 Å². The third-order valence-corrected chi connectivity index (χ3v) is 4.27. The summed E-state index contributed by atoms with van der Waals surface area (Å²) >= 11 is 0. The van der Waals surface area contributed by atoms with Gasteiger partial charge in [-0.1, -0.05) is 30.3 Å². The number of carbonyl (C=O) groups is 1. The Hall–Kier alpha value is -2.23. The Bertz CT molecular complexity index is 642. The highest BCUT2D eigenvalue weighted by atomic mass is 16.2. The molecule has 1 atom stereocenters. The molecule has 0 N–H and O–H groups in total. The van der Waals surface area contributed by atoms with Crippen molar-refractivity contribution in [1.82, 2.24) is 14.9 Å². The Morgan fingerprint density at radius 2 is 2.00 bits per heavy atom. The molecule has 1 aliphatic heterocycles. The molecule has 1 amide bonds. The Morgan fingerprint density at radius 1 is 1.23 bits per heavy atom. The van der Waals surface area contributed by atoms with Crippen molar-refractivity contribution >= 4 is 5.91 Å². The second kappa shape index (κ2) is 6.69. The second-order valence-electron chi connectivity index (χ2n) is 5.85. The van der Waals surface area contributed by atoms with Crippen LogP contribution in [-0.4, -0.2) is 33.9 Å². The topological polar surface area (TPSA) is 46.1 Å². The first-order chi connectivity index (χ1) is 10.7. The summed E-state index contributed by atoms with van der Waals surface area (Å²) in [6.07, 6.45) is 6.42. The number of likely N-dealkylation sites (tertiary alicyclic amines) is 1. The van der Waals surface area contributed by atoms with Crippen LogP contribution in [0.3, 0.4) is 0 Å². The van der Waals surface area contributed by atoms with Crippen molar-refractivity contribution in [2.45, 2.75) is 32.1 Å². The van der Waals surface area contributed by atoms with Gasteiger partial charge in [-0.3, -0.25) is 14.8 Å². The molecule has 22 heavy (non-hydrogen) atoms. The van der Waals surface area contributed by atoms with E-state index in [0.29, 0.717) is 5.92 Å². The monoisotopic (exact) mass is 295 g/mol. The summed E-state index contributed by atoms with van der Waals surface area (Å²) in [4.78, 5) is 22.7. The number of hydrogen-bond acceptors (Lipinski definition) is 3. The highest BCUT2D eigenvalue weighted by Crippen LogP contribution is 2.28. The summed E-state index contributed by atoms with van der Waals surface area (Å²) in [5.74, 6) is 0.447. The Morgan fingerprint density at radius 3 is 2.77 bits per heavy atom. The molecule has 2 heterocycles. The van der Waals surface area contributed by atoms with Crippen molar-refractivity contribution in [1.29, 1.82) is 0 Å². The average Bonchev–Trinajstić information content (AvgIpc) is 2.56. The minimum absolute atomic E-state index is 0.151. The summed E-state index contributed by atoms with van der Waals surface area (Å²) in [6, 6.07) is 10.3. The van der Waals surface area contributed by atoms with Crippen LogP contribution in [0.1, 0.15) is 42.6 Å². The number of piperidine rings is 1. The fourth-order valence-corrected chi connectivity index (χ4v) is 3.13. The molecule has 3 rings (SSSR count). The van der Waals surface area contributed by atoms with Gasteiger partial charge in [0.15, 0.2) is 0 Å². The zero-order valence-electron chi connectivity index (χ0n) is 12.9. The fourth-order valence-electron chi connectivity index (χ4n) is 3.13. The van der Waals surface area contributed by atoms with Crippen LogP contribution in [0.4, 0.5) is 0 Å². The van der Waals surface area contributed by atoms with E-state index in [4.69, 9.17) is 0 Å². The standard InChI is InChI=1S/C18H21N3O/c1-14(22)21-11-5-8-16(13-21)18-17(19-9-10-20-18)12-15-6-3-2-4-7-15/h2-4,6-7,9-10,16H,5,8,11-13H2,1H3/t16-/m0/s1. The molecule has 4 nitrogen and oxygen atoms in total. The van der Waals surface area contributed by atoms with E-state index in [-0.39, 0.29) is 5.91 Å². The zero-order valence-corrected chi connectivity index (χ0v) is 12.9. The molecule has 1 aromatic carbocycles. The van der Waals surface area contributed by atoms with Gasteiger partial charge in [0, 0.05) is 44.7 Å². The lowest BCUT2D eigenvalue weighted by atomic mass is 9.91. The number of rotatable bonds is 3. The van der Waals surface area contributed by atoms with E-state index in [2.05, 4.69) is 22.1 Å². The van der Waals surface area contributed by atoms with E-state index >= 15 is 0 Å². The minimum Gasteiger partial charge on any atom is -0.342 e. The SMILES string of the molecule is CC(=O)N1CCC[C@H](c2nccnc2Cc2ccccc2)C1. The lowest BCUT2D eigenvalue weighted by Gasteiger charge is -2.32. The van der Waals surface area contributed by atoms with Gasteiger partial charge in [0.2, 0.25) is 5.91 Å². The highest BCUT2D eigenvalue weighted by molar-refractivity contribution is 5.73. The molecule has 1 saturated heterocycles. The van der Waals surface area contributed by atoms with Crippen LogP contribution in [0.2, 0.25) is 0 Å². The number of nitrogens with zero attached hydrogens (tertiary/aromatic N) is 3. The maximum absolute atomic E-state index is 11.6. The fraction of sp³-hybridized carbons (Fsp3) is 0.389. The normalized spacial score (nSPS) is 18.2. The summed E-state index contributed by atoms with van der Waals surface area (Å²) in [6.45, 7) is 3.26. The molecule has 2 aromatic rings. The average molecular weight is 295 g/mol. The molecule has 1 fully saturated rings. The molecule has 0 spiro atoms. The molecule has 0 unspecified atom stereocenters. The van der Waals surface area contributed by atoms with Crippen molar-refractivity contribution in [2.24, 2.45) is 0 Å². The molecule has 0 bridgehead atoms. The summed E-state index contributed by atoms with van der Waals surface area (Å²) < 4.78 is 0. The summed E-state index contributed by atoms with van der Waals surface area (Å²) in [7, 11) is 0. The smallest absolute Gasteiger partial charge is 0.219 e. The van der Waals surface area contributed by atoms with E-state index in [1.54, 1.807) is 19.3 Å². The number of hydrogen-bond donors (Lipinski definition) is 0. The Balaban J connectivity index is 1.83. The number of carbonyl (C=O) groups excluding carboxylic acids is 1. The van der Waals surface area contributed by atoms with Crippen LogP contribution in [0.5, 0.6) is 0 Å². The third kappa shape index (κ3) is 3.32. The van der Waals surface area contributed by atoms with Gasteiger partial charge in [-0.25, -0.2) is 0 Å². The molecule has 0 radical (unpaired) electrons. The highest BCUT2D eigenvalue weighted by Gasteiger charge is 2.26. The first-order valence-corrected chi connectivity index (χ1v) is 7.83. The largest absolute Gasteiger partial charge is 0.342 e. The molecular formula is C18H21N3O. The van der Waals surface area contributed by atoms with Gasteiger partial charge in [-0.15, -0.1) is 0 Å². The van der Waals surface area contributed by atoms with Gasteiger partial charge in [0.1, 0.15) is 0 Å². The number of amides is 1. The lowest BCUT2D eigenvalue weighted by Crippen LogP contribution is -2.38. The van der Waals surface area contributed by atoms with E-state index in [0.717, 1.165) is 43.7 Å². The number of aromatic nitrogens is 2. The van der Waals surface area contributed by atoms with Gasteiger partial charge in [-0.05, 0) is 18.4 Å². The third-order valence-electron chi connectivity index (χ3n) is 4.27. The Labute approximate surface area is 131 Å². The first kappa shape index (κ1) is 14.7. The molecule has 114 valence electrons. The Kier molecular flexibility index (Phi) is 4.47. The zero-order chi connectivity index (χ0) is 15.4. The van der Waals surface area contributed by atoms with E-state index < -0.39 is 0 Å².